The Hall–Kier alpha value is -1.24. The van der Waals surface area contributed by atoms with Gasteiger partial charge in [0, 0.05) is 18.6 Å². The number of halogens is 1. The quantitative estimate of drug-likeness (QED) is 0.918. The summed E-state index contributed by atoms with van der Waals surface area (Å²) in [5.74, 6) is 0. The molecule has 0 aromatic heterocycles. The number of anilines is 1. The van der Waals surface area contributed by atoms with Crippen molar-refractivity contribution in [2.24, 2.45) is 0 Å². The molecule has 100 valence electrons. The Balaban J connectivity index is 1.81. The molecule has 4 heteroatoms. The molecule has 1 saturated carbocycles. The molecule has 1 aromatic rings. The Labute approximate surface area is 119 Å². The van der Waals surface area contributed by atoms with E-state index in [1.807, 2.05) is 12.1 Å². The summed E-state index contributed by atoms with van der Waals surface area (Å²) in [7, 11) is 0. The largest absolute Gasteiger partial charge is 0.366 e. The zero-order valence-corrected chi connectivity index (χ0v) is 11.7. The predicted molar refractivity (Wildman–Crippen MR) is 77.6 cm³/mol. The van der Waals surface area contributed by atoms with Crippen molar-refractivity contribution in [3.8, 4) is 6.07 Å². The highest BCUT2D eigenvalue weighted by atomic mass is 35.5. The van der Waals surface area contributed by atoms with Gasteiger partial charge in [0.25, 0.3) is 0 Å². The molecule has 1 aromatic carbocycles. The standard InChI is InChI=1S/C15H18ClN3/c16-14-8-11(9-17)3-6-15(14)19(13-4-5-13)10-12-2-1-7-18-12/h3,6,8,12-13,18H,1-2,4-5,7,10H2. The fourth-order valence-electron chi connectivity index (χ4n) is 2.79. The van der Waals surface area contributed by atoms with Gasteiger partial charge in [-0.1, -0.05) is 11.6 Å². The van der Waals surface area contributed by atoms with Gasteiger partial charge in [-0.05, 0) is 50.4 Å². The summed E-state index contributed by atoms with van der Waals surface area (Å²) in [5, 5.41) is 13.2. The van der Waals surface area contributed by atoms with Crippen LogP contribution in [0.2, 0.25) is 5.02 Å². The molecule has 2 fully saturated rings. The molecule has 0 amide bonds. The van der Waals surface area contributed by atoms with Crippen LogP contribution in [0.5, 0.6) is 0 Å². The van der Waals surface area contributed by atoms with Gasteiger partial charge in [-0.2, -0.15) is 5.26 Å². The van der Waals surface area contributed by atoms with Gasteiger partial charge in [0.15, 0.2) is 0 Å². The highest BCUT2D eigenvalue weighted by Crippen LogP contribution is 2.36. The fourth-order valence-corrected chi connectivity index (χ4v) is 3.08. The van der Waals surface area contributed by atoms with E-state index < -0.39 is 0 Å². The summed E-state index contributed by atoms with van der Waals surface area (Å²) in [5.41, 5.74) is 1.71. The predicted octanol–water partition coefficient (Wildman–Crippen LogP) is 2.93. The molecule has 2 aliphatic rings. The monoisotopic (exact) mass is 275 g/mol. The lowest BCUT2D eigenvalue weighted by Gasteiger charge is -2.28. The molecular weight excluding hydrogens is 258 g/mol. The highest BCUT2D eigenvalue weighted by molar-refractivity contribution is 6.33. The van der Waals surface area contributed by atoms with Crippen LogP contribution < -0.4 is 10.2 Å². The molecule has 1 atom stereocenters. The molecule has 1 N–H and O–H groups in total. The smallest absolute Gasteiger partial charge is 0.0992 e. The molecule has 0 spiro atoms. The minimum atomic E-state index is 0.576. The normalized spacial score (nSPS) is 22.2. The highest BCUT2D eigenvalue weighted by Gasteiger charge is 2.32. The van der Waals surface area contributed by atoms with Crippen molar-refractivity contribution < 1.29 is 0 Å². The first kappa shape index (κ1) is 12.8. The molecule has 1 unspecified atom stereocenters. The third-order valence-corrected chi connectivity index (χ3v) is 4.26. The first-order valence-corrected chi connectivity index (χ1v) is 7.35. The number of nitriles is 1. The van der Waals surface area contributed by atoms with Crippen molar-refractivity contribution in [3.63, 3.8) is 0 Å². The Morgan fingerprint density at radius 3 is 2.79 bits per heavy atom. The van der Waals surface area contributed by atoms with Gasteiger partial charge in [-0.3, -0.25) is 0 Å². The maximum absolute atomic E-state index is 8.91. The summed E-state index contributed by atoms with van der Waals surface area (Å²) >= 11 is 6.35. The molecule has 0 bridgehead atoms. The van der Waals surface area contributed by atoms with Crippen LogP contribution in [-0.2, 0) is 0 Å². The van der Waals surface area contributed by atoms with Gasteiger partial charge >= 0.3 is 0 Å². The second-order valence-corrected chi connectivity index (χ2v) is 5.86. The van der Waals surface area contributed by atoms with Crippen LogP contribution >= 0.6 is 11.6 Å². The molecule has 1 heterocycles. The maximum atomic E-state index is 8.91. The van der Waals surface area contributed by atoms with Crippen molar-refractivity contribution >= 4 is 17.3 Å². The third kappa shape index (κ3) is 2.86. The van der Waals surface area contributed by atoms with Crippen molar-refractivity contribution in [2.75, 3.05) is 18.0 Å². The number of nitrogens with one attached hydrogen (secondary N) is 1. The van der Waals surface area contributed by atoms with Crippen molar-refractivity contribution in [3.05, 3.63) is 28.8 Å². The van der Waals surface area contributed by atoms with Crippen LogP contribution in [-0.4, -0.2) is 25.2 Å². The number of hydrogen-bond acceptors (Lipinski definition) is 3. The number of nitrogens with zero attached hydrogens (tertiary/aromatic N) is 2. The number of benzene rings is 1. The topological polar surface area (TPSA) is 39.1 Å². The zero-order chi connectivity index (χ0) is 13.2. The molecule has 3 rings (SSSR count). The van der Waals surface area contributed by atoms with E-state index in [-0.39, 0.29) is 0 Å². The molecule has 19 heavy (non-hydrogen) atoms. The molecule has 1 aliphatic carbocycles. The lowest BCUT2D eigenvalue weighted by Crippen LogP contribution is -2.39. The molecular formula is C15H18ClN3. The van der Waals surface area contributed by atoms with E-state index >= 15 is 0 Å². The Bertz CT molecular complexity index is 499. The van der Waals surface area contributed by atoms with E-state index in [2.05, 4.69) is 16.3 Å². The van der Waals surface area contributed by atoms with Gasteiger partial charge in [0.2, 0.25) is 0 Å². The van der Waals surface area contributed by atoms with Crippen LogP contribution in [0.4, 0.5) is 5.69 Å². The van der Waals surface area contributed by atoms with Crippen LogP contribution in [0.15, 0.2) is 18.2 Å². The SMILES string of the molecule is N#Cc1ccc(N(CC2CCCN2)C2CC2)c(Cl)c1. The minimum absolute atomic E-state index is 0.576. The summed E-state index contributed by atoms with van der Waals surface area (Å²) in [6, 6.07) is 8.97. The molecule has 0 radical (unpaired) electrons. The number of hydrogen-bond donors (Lipinski definition) is 1. The maximum Gasteiger partial charge on any atom is 0.0992 e. The van der Waals surface area contributed by atoms with E-state index in [0.717, 1.165) is 18.8 Å². The van der Waals surface area contributed by atoms with E-state index in [4.69, 9.17) is 16.9 Å². The van der Waals surface area contributed by atoms with Crippen LogP contribution in [0.3, 0.4) is 0 Å². The third-order valence-electron chi connectivity index (χ3n) is 3.95. The van der Waals surface area contributed by atoms with E-state index in [1.165, 1.54) is 25.7 Å². The molecule has 1 aliphatic heterocycles. The van der Waals surface area contributed by atoms with Gasteiger partial charge in [-0.15, -0.1) is 0 Å². The van der Waals surface area contributed by atoms with Gasteiger partial charge in [0.05, 0.1) is 22.3 Å². The lowest BCUT2D eigenvalue weighted by molar-refractivity contribution is 0.579. The Kier molecular flexibility index (Phi) is 3.63. The Morgan fingerprint density at radius 1 is 1.37 bits per heavy atom. The van der Waals surface area contributed by atoms with E-state index in [0.29, 0.717) is 22.7 Å². The van der Waals surface area contributed by atoms with Gasteiger partial charge in [0.1, 0.15) is 0 Å². The first-order chi connectivity index (χ1) is 9.28. The summed E-state index contributed by atoms with van der Waals surface area (Å²) < 4.78 is 0. The lowest BCUT2D eigenvalue weighted by atomic mass is 10.1. The first-order valence-electron chi connectivity index (χ1n) is 6.97. The Morgan fingerprint density at radius 2 is 2.21 bits per heavy atom. The van der Waals surface area contributed by atoms with Crippen molar-refractivity contribution in [1.29, 1.82) is 5.26 Å². The fraction of sp³-hybridized carbons (Fsp3) is 0.533. The minimum Gasteiger partial charge on any atom is -0.366 e. The summed E-state index contributed by atoms with van der Waals surface area (Å²) in [6.45, 7) is 2.15. The van der Waals surface area contributed by atoms with E-state index in [9.17, 15) is 0 Å². The van der Waals surface area contributed by atoms with Gasteiger partial charge in [-0.25, -0.2) is 0 Å². The van der Waals surface area contributed by atoms with Crippen LogP contribution in [0.1, 0.15) is 31.2 Å². The van der Waals surface area contributed by atoms with E-state index in [1.54, 1.807) is 6.07 Å². The average Bonchev–Trinajstić information content (AvgIpc) is 3.14. The van der Waals surface area contributed by atoms with Crippen molar-refractivity contribution in [2.45, 2.75) is 37.8 Å². The second-order valence-electron chi connectivity index (χ2n) is 5.45. The average molecular weight is 276 g/mol. The summed E-state index contributed by atoms with van der Waals surface area (Å²) in [4.78, 5) is 2.42. The van der Waals surface area contributed by atoms with Crippen LogP contribution in [0, 0.1) is 11.3 Å². The molecule has 1 saturated heterocycles. The summed E-state index contributed by atoms with van der Waals surface area (Å²) in [6.07, 6.45) is 5.02. The number of rotatable bonds is 4. The van der Waals surface area contributed by atoms with Gasteiger partial charge < -0.3 is 10.2 Å². The zero-order valence-electron chi connectivity index (χ0n) is 10.9. The van der Waals surface area contributed by atoms with Crippen LogP contribution in [0.25, 0.3) is 0 Å². The van der Waals surface area contributed by atoms with Crippen molar-refractivity contribution in [1.82, 2.24) is 5.32 Å². The second kappa shape index (κ2) is 5.40. The molecule has 3 nitrogen and oxygen atoms in total.